The maximum atomic E-state index is 12.4. The Morgan fingerprint density at radius 1 is 1.12 bits per heavy atom. The first-order chi connectivity index (χ1) is 11.6. The molecule has 1 aliphatic rings. The number of hydrogen-bond acceptors (Lipinski definition) is 5. The summed E-state index contributed by atoms with van der Waals surface area (Å²) in [6.07, 6.45) is 1.03. The monoisotopic (exact) mass is 367 g/mol. The topological polar surface area (TPSA) is 113 Å². The van der Waals surface area contributed by atoms with E-state index in [1.54, 1.807) is 0 Å². The number of nitrogens with zero attached hydrogens (tertiary/aromatic N) is 1. The Labute approximate surface area is 146 Å². The van der Waals surface area contributed by atoms with E-state index in [4.69, 9.17) is 0 Å². The molecule has 1 aromatic rings. The molecule has 0 spiro atoms. The second-order valence-electron chi connectivity index (χ2n) is 6.30. The lowest BCUT2D eigenvalue weighted by molar-refractivity contribution is 0.0636. The molecule has 0 aliphatic carbocycles. The van der Waals surface area contributed by atoms with Crippen LogP contribution in [0.15, 0.2) is 18.2 Å². The van der Waals surface area contributed by atoms with Gasteiger partial charge in [0.05, 0.1) is 17.4 Å². The quantitative estimate of drug-likeness (QED) is 0.529. The molecule has 0 saturated heterocycles. The highest BCUT2D eigenvalue weighted by molar-refractivity contribution is 7.88. The van der Waals surface area contributed by atoms with Crippen LogP contribution in [0.1, 0.15) is 44.9 Å². The van der Waals surface area contributed by atoms with Crippen molar-refractivity contribution in [2.75, 3.05) is 25.9 Å². The fraction of sp³-hybridized carbons (Fsp3) is 0.438. The van der Waals surface area contributed by atoms with E-state index in [0.717, 1.165) is 6.26 Å². The van der Waals surface area contributed by atoms with Gasteiger partial charge in [0.25, 0.3) is 17.7 Å². The zero-order valence-corrected chi connectivity index (χ0v) is 15.1. The summed E-state index contributed by atoms with van der Waals surface area (Å²) in [5, 5.41) is 2.56. The minimum absolute atomic E-state index is 0.0646. The molecule has 8 nitrogen and oxygen atoms in total. The van der Waals surface area contributed by atoms with Gasteiger partial charge in [-0.05, 0) is 24.1 Å². The molecule has 1 aromatic carbocycles. The van der Waals surface area contributed by atoms with Crippen molar-refractivity contribution >= 4 is 27.7 Å². The van der Waals surface area contributed by atoms with Crippen molar-refractivity contribution in [3.8, 4) is 0 Å². The third-order valence-electron chi connectivity index (χ3n) is 3.56. The van der Waals surface area contributed by atoms with Crippen LogP contribution in [-0.4, -0.2) is 56.9 Å². The molecule has 0 aromatic heterocycles. The Bertz CT molecular complexity index is 817. The average molecular weight is 367 g/mol. The number of imide groups is 1. The Kier molecular flexibility index (Phi) is 5.58. The Morgan fingerprint density at radius 3 is 2.36 bits per heavy atom. The summed E-state index contributed by atoms with van der Waals surface area (Å²) in [5.41, 5.74) is 0.749. The molecule has 0 saturated carbocycles. The van der Waals surface area contributed by atoms with Crippen molar-refractivity contribution in [2.24, 2.45) is 5.92 Å². The standard InChI is InChI=1S/C16H21N3O5S/c1-10(2)9-19-15(21)12-5-4-11(8-13(12)16(19)22)14(20)17-6-7-18-25(3,23)24/h4-5,8,10,18H,6-7,9H2,1-3H3,(H,17,20). The second kappa shape index (κ2) is 7.32. The molecule has 25 heavy (non-hydrogen) atoms. The van der Waals surface area contributed by atoms with Crippen LogP contribution in [0.5, 0.6) is 0 Å². The molecular formula is C16H21N3O5S. The van der Waals surface area contributed by atoms with Crippen molar-refractivity contribution in [1.82, 2.24) is 14.9 Å². The van der Waals surface area contributed by atoms with Crippen LogP contribution in [0.2, 0.25) is 0 Å². The van der Waals surface area contributed by atoms with Crippen molar-refractivity contribution in [3.05, 3.63) is 34.9 Å². The van der Waals surface area contributed by atoms with Crippen molar-refractivity contribution in [3.63, 3.8) is 0 Å². The van der Waals surface area contributed by atoms with Gasteiger partial charge in [0.1, 0.15) is 0 Å². The smallest absolute Gasteiger partial charge is 0.261 e. The zero-order chi connectivity index (χ0) is 18.8. The lowest BCUT2D eigenvalue weighted by Gasteiger charge is -2.15. The van der Waals surface area contributed by atoms with Gasteiger partial charge in [-0.1, -0.05) is 13.8 Å². The number of fused-ring (bicyclic) bond motifs is 1. The lowest BCUT2D eigenvalue weighted by Crippen LogP contribution is -2.34. The average Bonchev–Trinajstić information content (AvgIpc) is 2.74. The molecule has 1 heterocycles. The number of sulfonamides is 1. The van der Waals surface area contributed by atoms with Gasteiger partial charge in [-0.25, -0.2) is 13.1 Å². The van der Waals surface area contributed by atoms with Crippen molar-refractivity contribution < 1.29 is 22.8 Å². The summed E-state index contributed by atoms with van der Waals surface area (Å²) in [5.74, 6) is -1.05. The van der Waals surface area contributed by atoms with Crippen LogP contribution < -0.4 is 10.0 Å². The SMILES string of the molecule is CC(C)CN1C(=O)c2ccc(C(=O)NCCNS(C)(=O)=O)cc2C1=O. The summed E-state index contributed by atoms with van der Waals surface area (Å²) >= 11 is 0. The fourth-order valence-electron chi connectivity index (χ4n) is 2.48. The lowest BCUT2D eigenvalue weighted by atomic mass is 10.1. The van der Waals surface area contributed by atoms with Gasteiger partial charge < -0.3 is 5.32 Å². The highest BCUT2D eigenvalue weighted by Gasteiger charge is 2.36. The number of hydrogen-bond donors (Lipinski definition) is 2. The van der Waals surface area contributed by atoms with Crippen LogP contribution in [0.25, 0.3) is 0 Å². The molecule has 136 valence electrons. The van der Waals surface area contributed by atoms with E-state index < -0.39 is 21.8 Å². The van der Waals surface area contributed by atoms with Crippen molar-refractivity contribution in [1.29, 1.82) is 0 Å². The fourth-order valence-corrected chi connectivity index (χ4v) is 2.95. The molecule has 9 heteroatoms. The molecule has 0 radical (unpaired) electrons. The van der Waals surface area contributed by atoms with Crippen molar-refractivity contribution in [2.45, 2.75) is 13.8 Å². The molecule has 0 fully saturated rings. The first-order valence-corrected chi connectivity index (χ1v) is 9.72. The molecular weight excluding hydrogens is 346 g/mol. The third kappa shape index (κ3) is 4.64. The molecule has 0 bridgehead atoms. The molecule has 1 aliphatic heterocycles. The molecule has 3 amide bonds. The number of carbonyl (C=O) groups excluding carboxylic acids is 3. The van der Waals surface area contributed by atoms with Gasteiger partial charge in [0.2, 0.25) is 10.0 Å². The molecule has 0 unspecified atom stereocenters. The third-order valence-corrected chi connectivity index (χ3v) is 4.28. The first-order valence-electron chi connectivity index (χ1n) is 7.83. The van der Waals surface area contributed by atoms with Gasteiger partial charge in [-0.2, -0.15) is 0 Å². The number of amides is 3. The Hall–Kier alpha value is -2.26. The Balaban J connectivity index is 2.07. The van der Waals surface area contributed by atoms with Crippen LogP contribution in [0, 0.1) is 5.92 Å². The maximum Gasteiger partial charge on any atom is 0.261 e. The predicted octanol–water partition coefficient (Wildman–Crippen LogP) is 0.218. The predicted molar refractivity (Wildman–Crippen MR) is 91.8 cm³/mol. The second-order valence-corrected chi connectivity index (χ2v) is 8.13. The number of benzene rings is 1. The minimum Gasteiger partial charge on any atom is -0.351 e. The van der Waals surface area contributed by atoms with E-state index in [9.17, 15) is 22.8 Å². The molecule has 0 atom stereocenters. The summed E-state index contributed by atoms with van der Waals surface area (Å²) in [6.45, 7) is 4.31. The largest absolute Gasteiger partial charge is 0.351 e. The van der Waals surface area contributed by atoms with Gasteiger partial charge in [-0.3, -0.25) is 19.3 Å². The van der Waals surface area contributed by atoms with E-state index >= 15 is 0 Å². The zero-order valence-electron chi connectivity index (χ0n) is 14.3. The number of nitrogens with one attached hydrogen (secondary N) is 2. The van der Waals surface area contributed by atoms with E-state index in [1.807, 2.05) is 13.8 Å². The van der Waals surface area contributed by atoms with Gasteiger partial charge in [0.15, 0.2) is 0 Å². The highest BCUT2D eigenvalue weighted by Crippen LogP contribution is 2.24. The van der Waals surface area contributed by atoms with Crippen LogP contribution in [-0.2, 0) is 10.0 Å². The highest BCUT2D eigenvalue weighted by atomic mass is 32.2. The summed E-state index contributed by atoms with van der Waals surface area (Å²) in [4.78, 5) is 38.0. The van der Waals surface area contributed by atoms with E-state index in [0.29, 0.717) is 12.1 Å². The van der Waals surface area contributed by atoms with E-state index in [1.165, 1.54) is 23.1 Å². The van der Waals surface area contributed by atoms with E-state index in [-0.39, 0.29) is 36.0 Å². The van der Waals surface area contributed by atoms with Crippen LogP contribution in [0.3, 0.4) is 0 Å². The number of rotatable bonds is 7. The first kappa shape index (κ1) is 19.1. The maximum absolute atomic E-state index is 12.4. The van der Waals surface area contributed by atoms with Gasteiger partial charge in [-0.15, -0.1) is 0 Å². The van der Waals surface area contributed by atoms with Crippen LogP contribution in [0.4, 0.5) is 0 Å². The number of carbonyl (C=O) groups is 3. The summed E-state index contributed by atoms with van der Waals surface area (Å²) in [6, 6.07) is 4.34. The van der Waals surface area contributed by atoms with E-state index in [2.05, 4.69) is 10.0 Å². The van der Waals surface area contributed by atoms with Gasteiger partial charge in [0, 0.05) is 25.2 Å². The molecule has 2 rings (SSSR count). The normalized spacial score (nSPS) is 14.2. The van der Waals surface area contributed by atoms with Gasteiger partial charge >= 0.3 is 0 Å². The summed E-state index contributed by atoms with van der Waals surface area (Å²) in [7, 11) is -3.31. The Morgan fingerprint density at radius 2 is 1.76 bits per heavy atom. The molecule has 2 N–H and O–H groups in total. The minimum atomic E-state index is -3.31. The van der Waals surface area contributed by atoms with Crippen LogP contribution >= 0.6 is 0 Å². The summed E-state index contributed by atoms with van der Waals surface area (Å²) < 4.78 is 24.2.